The SMILES string of the molecule is O=C(c1ccc(Cl)cc1)n1cnc2cc([N+](=O)[O-])ccc2c1=O. The first-order valence-corrected chi connectivity index (χ1v) is 6.81. The Labute approximate surface area is 133 Å². The molecule has 8 heteroatoms. The molecule has 0 aliphatic carbocycles. The predicted molar refractivity (Wildman–Crippen MR) is 83.8 cm³/mol. The fourth-order valence-electron chi connectivity index (χ4n) is 2.10. The number of halogens is 1. The Morgan fingerprint density at radius 2 is 1.87 bits per heavy atom. The smallest absolute Gasteiger partial charge is 0.268 e. The molecule has 0 aliphatic rings. The van der Waals surface area contributed by atoms with Crippen molar-refractivity contribution in [1.82, 2.24) is 9.55 Å². The van der Waals surface area contributed by atoms with Crippen molar-refractivity contribution in [3.63, 3.8) is 0 Å². The molecule has 0 saturated heterocycles. The van der Waals surface area contributed by atoms with Crippen molar-refractivity contribution in [2.45, 2.75) is 0 Å². The number of nitrogens with zero attached hydrogens (tertiary/aromatic N) is 3. The molecule has 3 aromatic rings. The van der Waals surface area contributed by atoms with Gasteiger partial charge in [0.2, 0.25) is 0 Å². The Balaban J connectivity index is 2.12. The molecule has 0 aliphatic heterocycles. The van der Waals surface area contributed by atoms with E-state index in [0.29, 0.717) is 5.02 Å². The fraction of sp³-hybridized carbons (Fsp3) is 0. The van der Waals surface area contributed by atoms with Crippen LogP contribution in [-0.4, -0.2) is 20.4 Å². The number of aromatic nitrogens is 2. The third-order valence-electron chi connectivity index (χ3n) is 3.26. The van der Waals surface area contributed by atoms with E-state index in [1.54, 1.807) is 0 Å². The van der Waals surface area contributed by atoms with Gasteiger partial charge in [-0.05, 0) is 30.3 Å². The highest BCUT2D eigenvalue weighted by atomic mass is 35.5. The summed E-state index contributed by atoms with van der Waals surface area (Å²) in [5.74, 6) is -0.556. The highest BCUT2D eigenvalue weighted by molar-refractivity contribution is 6.30. The van der Waals surface area contributed by atoms with Gasteiger partial charge in [0.15, 0.2) is 0 Å². The number of non-ortho nitro benzene ring substituents is 1. The van der Waals surface area contributed by atoms with Crippen LogP contribution >= 0.6 is 11.6 Å². The van der Waals surface area contributed by atoms with Crippen LogP contribution in [-0.2, 0) is 0 Å². The standard InChI is InChI=1S/C15H8ClN3O4/c16-10-3-1-9(2-4-10)14(20)18-8-17-13-7-11(19(22)23)5-6-12(13)15(18)21/h1-8H. The van der Waals surface area contributed by atoms with Gasteiger partial charge in [-0.3, -0.25) is 19.7 Å². The average molecular weight is 330 g/mol. The van der Waals surface area contributed by atoms with Gasteiger partial charge < -0.3 is 0 Å². The van der Waals surface area contributed by atoms with Crippen LogP contribution in [0.25, 0.3) is 10.9 Å². The van der Waals surface area contributed by atoms with Crippen LogP contribution in [0.5, 0.6) is 0 Å². The molecule has 0 atom stereocenters. The molecule has 7 nitrogen and oxygen atoms in total. The maximum atomic E-state index is 12.4. The lowest BCUT2D eigenvalue weighted by Crippen LogP contribution is -2.27. The third kappa shape index (κ3) is 2.69. The summed E-state index contributed by atoms with van der Waals surface area (Å²) in [5.41, 5.74) is -0.333. The lowest BCUT2D eigenvalue weighted by atomic mass is 10.2. The Bertz CT molecular complexity index is 996. The fourth-order valence-corrected chi connectivity index (χ4v) is 2.23. The van der Waals surface area contributed by atoms with Crippen molar-refractivity contribution in [2.75, 3.05) is 0 Å². The second-order valence-corrected chi connectivity index (χ2v) is 5.13. The number of fused-ring (bicyclic) bond motifs is 1. The highest BCUT2D eigenvalue weighted by Crippen LogP contribution is 2.16. The number of carbonyl (C=O) groups is 1. The van der Waals surface area contributed by atoms with Crippen molar-refractivity contribution in [3.8, 4) is 0 Å². The van der Waals surface area contributed by atoms with E-state index in [-0.39, 0.29) is 22.2 Å². The average Bonchev–Trinajstić information content (AvgIpc) is 2.55. The molecule has 0 amide bonds. The summed E-state index contributed by atoms with van der Waals surface area (Å²) in [6.45, 7) is 0. The zero-order valence-electron chi connectivity index (χ0n) is 11.5. The second kappa shape index (κ2) is 5.62. The first kappa shape index (κ1) is 14.9. The molecule has 0 saturated carbocycles. The summed E-state index contributed by atoms with van der Waals surface area (Å²) < 4.78 is 0.859. The first-order valence-electron chi connectivity index (χ1n) is 6.43. The number of carbonyl (C=O) groups excluding carboxylic acids is 1. The topological polar surface area (TPSA) is 95.1 Å². The van der Waals surface area contributed by atoms with Gasteiger partial charge in [0.05, 0.1) is 15.8 Å². The number of hydrogen-bond donors (Lipinski definition) is 0. The largest absolute Gasteiger partial charge is 0.271 e. The van der Waals surface area contributed by atoms with Gasteiger partial charge in [0, 0.05) is 22.7 Å². The van der Waals surface area contributed by atoms with Gasteiger partial charge in [-0.25, -0.2) is 9.55 Å². The van der Waals surface area contributed by atoms with E-state index < -0.39 is 16.4 Å². The minimum Gasteiger partial charge on any atom is -0.268 e. The minimum absolute atomic E-state index is 0.125. The van der Waals surface area contributed by atoms with Gasteiger partial charge >= 0.3 is 0 Å². The summed E-state index contributed by atoms with van der Waals surface area (Å²) in [6, 6.07) is 9.74. The van der Waals surface area contributed by atoms with Crippen molar-refractivity contribution in [2.24, 2.45) is 0 Å². The lowest BCUT2D eigenvalue weighted by Gasteiger charge is -2.05. The Hall–Kier alpha value is -3.06. The van der Waals surface area contributed by atoms with Crippen LogP contribution in [0.3, 0.4) is 0 Å². The van der Waals surface area contributed by atoms with Crippen molar-refractivity contribution in [3.05, 3.63) is 79.8 Å². The number of benzene rings is 2. The molecule has 114 valence electrons. The summed E-state index contributed by atoms with van der Waals surface area (Å²) in [7, 11) is 0. The van der Waals surface area contributed by atoms with Crippen molar-refractivity contribution >= 4 is 34.1 Å². The second-order valence-electron chi connectivity index (χ2n) is 4.69. The molecule has 1 aromatic heterocycles. The van der Waals surface area contributed by atoms with E-state index in [2.05, 4.69) is 4.98 Å². The van der Waals surface area contributed by atoms with Crippen LogP contribution < -0.4 is 5.56 Å². The number of nitro groups is 1. The monoisotopic (exact) mass is 329 g/mol. The quantitative estimate of drug-likeness (QED) is 0.532. The summed E-state index contributed by atoms with van der Waals surface area (Å²) in [4.78, 5) is 38.9. The zero-order valence-corrected chi connectivity index (χ0v) is 12.2. The number of hydrogen-bond acceptors (Lipinski definition) is 5. The van der Waals surface area contributed by atoms with Gasteiger partial charge in [-0.1, -0.05) is 11.6 Å². The van der Waals surface area contributed by atoms with Gasteiger partial charge in [0.25, 0.3) is 17.2 Å². The van der Waals surface area contributed by atoms with E-state index in [4.69, 9.17) is 11.6 Å². The highest BCUT2D eigenvalue weighted by Gasteiger charge is 2.15. The maximum absolute atomic E-state index is 12.4. The molecule has 2 aromatic carbocycles. The zero-order chi connectivity index (χ0) is 16.6. The van der Waals surface area contributed by atoms with Crippen molar-refractivity contribution < 1.29 is 9.72 Å². The lowest BCUT2D eigenvalue weighted by molar-refractivity contribution is -0.384. The van der Waals surface area contributed by atoms with E-state index >= 15 is 0 Å². The molecule has 23 heavy (non-hydrogen) atoms. The summed E-state index contributed by atoms with van der Waals surface area (Å²) in [5, 5.41) is 11.3. The van der Waals surface area contributed by atoms with E-state index in [1.807, 2.05) is 0 Å². The molecular formula is C15H8ClN3O4. The third-order valence-corrected chi connectivity index (χ3v) is 3.52. The molecule has 1 heterocycles. The molecule has 0 bridgehead atoms. The van der Waals surface area contributed by atoms with Crippen LogP contribution in [0, 0.1) is 10.1 Å². The van der Waals surface area contributed by atoms with Crippen molar-refractivity contribution in [1.29, 1.82) is 0 Å². The number of nitro benzene ring substituents is 1. The summed E-state index contributed by atoms with van der Waals surface area (Å²) in [6.07, 6.45) is 1.06. The van der Waals surface area contributed by atoms with Crippen LogP contribution in [0.1, 0.15) is 10.4 Å². The normalized spacial score (nSPS) is 10.7. The van der Waals surface area contributed by atoms with Crippen LogP contribution in [0.4, 0.5) is 5.69 Å². The minimum atomic E-state index is -0.593. The molecule has 0 radical (unpaired) electrons. The Morgan fingerprint density at radius 1 is 1.17 bits per heavy atom. The van der Waals surface area contributed by atoms with Crippen LogP contribution in [0.2, 0.25) is 5.02 Å². The predicted octanol–water partition coefficient (Wildman–Crippen LogP) is 2.65. The van der Waals surface area contributed by atoms with Gasteiger partial charge in [-0.15, -0.1) is 0 Å². The number of rotatable bonds is 2. The van der Waals surface area contributed by atoms with E-state index in [0.717, 1.165) is 10.9 Å². The van der Waals surface area contributed by atoms with Gasteiger partial charge in [-0.2, -0.15) is 0 Å². The van der Waals surface area contributed by atoms with Crippen LogP contribution in [0.15, 0.2) is 53.6 Å². The molecule has 0 spiro atoms. The molecule has 0 N–H and O–H groups in total. The first-order chi connectivity index (χ1) is 11.0. The molecule has 0 unspecified atom stereocenters. The maximum Gasteiger partial charge on any atom is 0.271 e. The van der Waals surface area contributed by atoms with E-state index in [9.17, 15) is 19.7 Å². The van der Waals surface area contributed by atoms with Gasteiger partial charge in [0.1, 0.15) is 6.33 Å². The Morgan fingerprint density at radius 3 is 2.52 bits per heavy atom. The summed E-state index contributed by atoms with van der Waals surface area (Å²) >= 11 is 5.76. The van der Waals surface area contributed by atoms with E-state index in [1.165, 1.54) is 42.5 Å². The Kier molecular flexibility index (Phi) is 3.63. The molecule has 0 fully saturated rings. The molecular weight excluding hydrogens is 322 g/mol. The molecule has 3 rings (SSSR count).